The lowest BCUT2D eigenvalue weighted by atomic mass is 9.76. The molecule has 1 aromatic carbocycles. The molecule has 0 heterocycles. The average molecular weight is 217 g/mol. The molecule has 0 unspecified atom stereocenters. The molecule has 1 heteroatoms. The van der Waals surface area contributed by atoms with Crippen molar-refractivity contribution < 1.29 is 0 Å². The minimum Gasteiger partial charge on any atom is -0.324 e. The van der Waals surface area contributed by atoms with Gasteiger partial charge in [0.2, 0.25) is 0 Å². The van der Waals surface area contributed by atoms with Crippen molar-refractivity contribution in [1.29, 1.82) is 0 Å². The monoisotopic (exact) mass is 217 g/mol. The van der Waals surface area contributed by atoms with Gasteiger partial charge in [-0.3, -0.25) is 0 Å². The highest BCUT2D eigenvalue weighted by Crippen LogP contribution is 2.36. The summed E-state index contributed by atoms with van der Waals surface area (Å²) in [6.07, 6.45) is 5.34. The summed E-state index contributed by atoms with van der Waals surface area (Å²) in [5.74, 6) is 1.54. The first kappa shape index (κ1) is 11.7. The third-order valence-electron chi connectivity index (χ3n) is 4.03. The van der Waals surface area contributed by atoms with Crippen molar-refractivity contribution in [2.75, 3.05) is 0 Å². The van der Waals surface area contributed by atoms with Crippen LogP contribution in [0.15, 0.2) is 24.3 Å². The minimum absolute atomic E-state index is 0.240. The highest BCUT2D eigenvalue weighted by Gasteiger charge is 2.25. The van der Waals surface area contributed by atoms with Crippen LogP contribution in [0.3, 0.4) is 0 Å². The van der Waals surface area contributed by atoms with E-state index in [4.69, 9.17) is 5.73 Å². The number of hydrogen-bond acceptors (Lipinski definition) is 1. The summed E-state index contributed by atoms with van der Waals surface area (Å²) in [6, 6.07) is 8.80. The third kappa shape index (κ3) is 2.46. The zero-order valence-electron chi connectivity index (χ0n) is 10.4. The van der Waals surface area contributed by atoms with Gasteiger partial charge in [-0.1, -0.05) is 44.0 Å². The van der Waals surface area contributed by atoms with Gasteiger partial charge in [0.15, 0.2) is 0 Å². The van der Waals surface area contributed by atoms with Crippen LogP contribution in [0.2, 0.25) is 0 Å². The lowest BCUT2D eigenvalue weighted by molar-refractivity contribution is 0.247. The van der Waals surface area contributed by atoms with Crippen LogP contribution in [0.1, 0.15) is 49.8 Å². The number of benzene rings is 1. The van der Waals surface area contributed by atoms with E-state index < -0.39 is 0 Å². The lowest BCUT2D eigenvalue weighted by Crippen LogP contribution is -2.26. The van der Waals surface area contributed by atoms with Crippen LogP contribution in [0.4, 0.5) is 0 Å². The molecule has 1 aromatic rings. The molecular formula is C15H23N. The van der Waals surface area contributed by atoms with E-state index in [9.17, 15) is 0 Å². The maximum Gasteiger partial charge on any atom is 0.0326 e. The Labute approximate surface area is 99.0 Å². The smallest absolute Gasteiger partial charge is 0.0326 e. The fourth-order valence-electron chi connectivity index (χ4n) is 3.02. The molecule has 0 saturated heterocycles. The van der Waals surface area contributed by atoms with Gasteiger partial charge >= 0.3 is 0 Å². The molecule has 0 spiro atoms. The van der Waals surface area contributed by atoms with E-state index in [0.717, 1.165) is 5.92 Å². The molecule has 0 aliphatic heterocycles. The van der Waals surface area contributed by atoms with Crippen LogP contribution in [0.5, 0.6) is 0 Å². The topological polar surface area (TPSA) is 26.0 Å². The molecule has 0 amide bonds. The predicted molar refractivity (Wildman–Crippen MR) is 69.2 cm³/mol. The molecule has 1 saturated carbocycles. The van der Waals surface area contributed by atoms with Crippen molar-refractivity contribution in [1.82, 2.24) is 0 Å². The summed E-state index contributed by atoms with van der Waals surface area (Å²) in [6.45, 7) is 4.53. The van der Waals surface area contributed by atoms with E-state index in [1.807, 2.05) is 0 Å². The van der Waals surface area contributed by atoms with Crippen LogP contribution in [0.25, 0.3) is 0 Å². The van der Waals surface area contributed by atoms with Gasteiger partial charge in [-0.2, -0.15) is 0 Å². The number of nitrogens with two attached hydrogens (primary N) is 1. The molecule has 1 fully saturated rings. The van der Waals surface area contributed by atoms with Crippen molar-refractivity contribution >= 4 is 0 Å². The van der Waals surface area contributed by atoms with Crippen LogP contribution >= 0.6 is 0 Å². The highest BCUT2D eigenvalue weighted by atomic mass is 14.7. The normalized spacial score (nSPS) is 27.7. The lowest BCUT2D eigenvalue weighted by Gasteiger charge is -2.32. The Morgan fingerprint density at radius 2 is 2.00 bits per heavy atom. The molecule has 0 bridgehead atoms. The molecule has 2 rings (SSSR count). The van der Waals surface area contributed by atoms with Gasteiger partial charge in [0.1, 0.15) is 0 Å². The SMILES string of the molecule is Cc1ccccc1[C@@H](N)[C@H]1CCC[C@H](C)C1. The summed E-state index contributed by atoms with van der Waals surface area (Å²) >= 11 is 0. The second kappa shape index (κ2) is 5.01. The molecular weight excluding hydrogens is 194 g/mol. The molecule has 1 nitrogen and oxygen atoms in total. The van der Waals surface area contributed by atoms with Crippen molar-refractivity contribution in [2.45, 2.75) is 45.6 Å². The Bertz CT molecular complexity index is 345. The molecule has 16 heavy (non-hydrogen) atoms. The zero-order chi connectivity index (χ0) is 11.5. The average Bonchev–Trinajstić information content (AvgIpc) is 2.29. The van der Waals surface area contributed by atoms with Gasteiger partial charge in [0.25, 0.3) is 0 Å². The number of hydrogen-bond donors (Lipinski definition) is 1. The summed E-state index contributed by atoms with van der Waals surface area (Å²) in [7, 11) is 0. The van der Waals surface area contributed by atoms with Gasteiger partial charge < -0.3 is 5.73 Å². The van der Waals surface area contributed by atoms with Crippen LogP contribution in [-0.2, 0) is 0 Å². The predicted octanol–water partition coefficient (Wildman–Crippen LogP) is 3.82. The van der Waals surface area contributed by atoms with Gasteiger partial charge in [0, 0.05) is 6.04 Å². The second-order valence-electron chi connectivity index (χ2n) is 5.41. The van der Waals surface area contributed by atoms with E-state index in [1.165, 1.54) is 36.8 Å². The molecule has 0 aromatic heterocycles. The fraction of sp³-hybridized carbons (Fsp3) is 0.600. The van der Waals surface area contributed by atoms with Crippen molar-refractivity contribution in [3.05, 3.63) is 35.4 Å². The number of rotatable bonds is 2. The Balaban J connectivity index is 2.12. The summed E-state index contributed by atoms with van der Waals surface area (Å²) in [5.41, 5.74) is 9.12. The highest BCUT2D eigenvalue weighted by molar-refractivity contribution is 5.29. The first-order valence-corrected chi connectivity index (χ1v) is 6.49. The van der Waals surface area contributed by atoms with Crippen LogP contribution in [-0.4, -0.2) is 0 Å². The molecule has 3 atom stereocenters. The minimum atomic E-state index is 0.240. The Morgan fingerprint density at radius 1 is 1.25 bits per heavy atom. The summed E-state index contributed by atoms with van der Waals surface area (Å²) in [4.78, 5) is 0. The molecule has 2 N–H and O–H groups in total. The van der Waals surface area contributed by atoms with E-state index in [-0.39, 0.29) is 6.04 Å². The third-order valence-corrected chi connectivity index (χ3v) is 4.03. The quantitative estimate of drug-likeness (QED) is 0.800. The maximum atomic E-state index is 6.43. The summed E-state index contributed by atoms with van der Waals surface area (Å²) < 4.78 is 0. The largest absolute Gasteiger partial charge is 0.324 e. The van der Waals surface area contributed by atoms with Crippen LogP contribution < -0.4 is 5.73 Å². The first-order chi connectivity index (χ1) is 7.68. The van der Waals surface area contributed by atoms with E-state index in [0.29, 0.717) is 5.92 Å². The van der Waals surface area contributed by atoms with E-state index >= 15 is 0 Å². The standard InChI is InChI=1S/C15H23N/c1-11-6-5-8-13(10-11)15(16)14-9-4-3-7-12(14)2/h3-4,7,9,11,13,15H,5-6,8,10,16H2,1-2H3/t11-,13-,15-/m0/s1. The molecule has 1 aliphatic carbocycles. The maximum absolute atomic E-state index is 6.43. The van der Waals surface area contributed by atoms with E-state index in [2.05, 4.69) is 38.1 Å². The molecule has 88 valence electrons. The van der Waals surface area contributed by atoms with Gasteiger partial charge in [-0.05, 0) is 42.7 Å². The van der Waals surface area contributed by atoms with Gasteiger partial charge in [0.05, 0.1) is 0 Å². The number of aryl methyl sites for hydroxylation is 1. The Morgan fingerprint density at radius 3 is 2.69 bits per heavy atom. The Kier molecular flexibility index (Phi) is 3.65. The van der Waals surface area contributed by atoms with Gasteiger partial charge in [-0.25, -0.2) is 0 Å². The summed E-state index contributed by atoms with van der Waals surface area (Å²) in [5, 5.41) is 0. The van der Waals surface area contributed by atoms with E-state index in [1.54, 1.807) is 0 Å². The van der Waals surface area contributed by atoms with Crippen molar-refractivity contribution in [3.8, 4) is 0 Å². The van der Waals surface area contributed by atoms with Crippen molar-refractivity contribution in [2.24, 2.45) is 17.6 Å². The molecule has 0 radical (unpaired) electrons. The zero-order valence-corrected chi connectivity index (χ0v) is 10.4. The Hall–Kier alpha value is -0.820. The molecule has 1 aliphatic rings. The first-order valence-electron chi connectivity index (χ1n) is 6.49. The van der Waals surface area contributed by atoms with Gasteiger partial charge in [-0.15, -0.1) is 0 Å². The van der Waals surface area contributed by atoms with Crippen LogP contribution in [0, 0.1) is 18.8 Å². The fourth-order valence-corrected chi connectivity index (χ4v) is 3.02. The second-order valence-corrected chi connectivity index (χ2v) is 5.41. The van der Waals surface area contributed by atoms with Crippen molar-refractivity contribution in [3.63, 3.8) is 0 Å².